The Balaban J connectivity index is 1.78. The minimum Gasteiger partial charge on any atom is -0.458 e. The molecule has 4 aliphatic heterocycles. The molecule has 0 radical (unpaired) electrons. The molecular formula is C37H63N3O10. The lowest BCUT2D eigenvalue weighted by molar-refractivity contribution is -0.295. The maximum absolute atomic E-state index is 14.6. The van der Waals surface area contributed by atoms with Gasteiger partial charge in [-0.1, -0.05) is 34.6 Å². The van der Waals surface area contributed by atoms with Gasteiger partial charge in [-0.05, 0) is 68.1 Å². The minimum absolute atomic E-state index is 0.122. The van der Waals surface area contributed by atoms with Crippen molar-refractivity contribution in [2.24, 2.45) is 29.1 Å². The third-order valence-corrected chi connectivity index (χ3v) is 12.0. The molecule has 4 fully saturated rings. The molecule has 50 heavy (non-hydrogen) atoms. The molecule has 286 valence electrons. The first kappa shape index (κ1) is 40.6. The van der Waals surface area contributed by atoms with Crippen LogP contribution in [0.2, 0.25) is 0 Å². The van der Waals surface area contributed by atoms with Gasteiger partial charge in [0.25, 0.3) is 0 Å². The van der Waals surface area contributed by atoms with E-state index in [0.29, 0.717) is 19.4 Å². The molecule has 0 aromatic heterocycles. The normalized spacial score (nSPS) is 43.6. The molecule has 13 atom stereocenters. The van der Waals surface area contributed by atoms with Crippen LogP contribution < -0.4 is 0 Å². The summed E-state index contributed by atoms with van der Waals surface area (Å²) < 4.78 is 31.1. The number of aliphatic hydroxyl groups is 1. The van der Waals surface area contributed by atoms with Gasteiger partial charge >= 0.3 is 12.1 Å². The number of carbonyl (C=O) groups excluding carboxylic acids is 4. The minimum atomic E-state index is -1.36. The number of Topliss-reactive ketones (excluding diaryl/α,β-unsaturated/α-hetero) is 2. The van der Waals surface area contributed by atoms with E-state index in [0.717, 1.165) is 13.1 Å². The van der Waals surface area contributed by atoms with Crippen LogP contribution in [0.3, 0.4) is 0 Å². The first-order chi connectivity index (χ1) is 23.1. The van der Waals surface area contributed by atoms with E-state index >= 15 is 0 Å². The van der Waals surface area contributed by atoms with Crippen molar-refractivity contribution in [3.05, 3.63) is 0 Å². The Morgan fingerprint density at radius 1 is 0.980 bits per heavy atom. The Morgan fingerprint density at radius 3 is 2.14 bits per heavy atom. The number of hydrogen-bond acceptors (Lipinski definition) is 12. The summed E-state index contributed by atoms with van der Waals surface area (Å²) in [6.45, 7) is 18.1. The van der Waals surface area contributed by atoms with E-state index in [4.69, 9.17) is 23.7 Å². The van der Waals surface area contributed by atoms with Crippen LogP contribution in [0.15, 0.2) is 0 Å². The number of nitrogens with zero attached hydrogens (tertiary/aromatic N) is 3. The maximum atomic E-state index is 14.6. The summed E-state index contributed by atoms with van der Waals surface area (Å²) in [5.41, 5.74) is -2.79. The predicted octanol–water partition coefficient (Wildman–Crippen LogP) is 3.14. The molecule has 0 bridgehead atoms. The molecule has 1 amide bonds. The number of ether oxygens (including phenoxy) is 5. The summed E-state index contributed by atoms with van der Waals surface area (Å²) >= 11 is 0. The monoisotopic (exact) mass is 709 g/mol. The zero-order chi connectivity index (χ0) is 37.7. The second-order valence-electron chi connectivity index (χ2n) is 16.8. The molecule has 4 rings (SSSR count). The van der Waals surface area contributed by atoms with Crippen LogP contribution >= 0.6 is 0 Å². The highest BCUT2D eigenvalue weighted by molar-refractivity contribution is 6.00. The highest BCUT2D eigenvalue weighted by Crippen LogP contribution is 2.44. The molecule has 13 heteroatoms. The molecule has 0 aliphatic carbocycles. The van der Waals surface area contributed by atoms with Gasteiger partial charge in [0.15, 0.2) is 17.7 Å². The molecular weight excluding hydrogens is 646 g/mol. The van der Waals surface area contributed by atoms with Crippen LogP contribution in [0.5, 0.6) is 0 Å². The third-order valence-electron chi connectivity index (χ3n) is 12.0. The summed E-state index contributed by atoms with van der Waals surface area (Å²) in [4.78, 5) is 62.1. The van der Waals surface area contributed by atoms with Gasteiger partial charge in [-0.15, -0.1) is 0 Å². The Hall–Kier alpha value is -2.16. The SMILES string of the molecule is CC[C@H]1OC(=O)[C@H](C)C(=O)[C@H](C)[C@@H](O[C@@H]2O[C@H](C)C[C@H](N(C)C)[C@H]2O)[C@](C)(OC)C[C@@H](C)C(=O)[C@H](C)[C@H]2N(CC3(C)CN(C)C3)C(=O)O[C@]12C. The Morgan fingerprint density at radius 2 is 1.60 bits per heavy atom. The Kier molecular flexibility index (Phi) is 12.2. The summed E-state index contributed by atoms with van der Waals surface area (Å²) in [6, 6.07) is -1.01. The molecule has 0 spiro atoms. The van der Waals surface area contributed by atoms with Gasteiger partial charge in [0.05, 0.1) is 23.9 Å². The molecule has 0 aromatic rings. The van der Waals surface area contributed by atoms with Gasteiger partial charge in [-0.2, -0.15) is 0 Å². The van der Waals surface area contributed by atoms with Crippen molar-refractivity contribution in [2.75, 3.05) is 47.9 Å². The van der Waals surface area contributed by atoms with Crippen molar-refractivity contribution < 1.29 is 48.0 Å². The quantitative estimate of drug-likeness (QED) is 0.306. The van der Waals surface area contributed by atoms with Crippen LogP contribution in [-0.4, -0.2) is 145 Å². The molecule has 4 saturated heterocycles. The largest absolute Gasteiger partial charge is 0.458 e. The number of methoxy groups -OCH3 is 1. The number of likely N-dealkylation sites (tertiary alicyclic amines) is 1. The molecule has 13 nitrogen and oxygen atoms in total. The summed E-state index contributed by atoms with van der Waals surface area (Å²) in [6.07, 6.45) is -3.84. The first-order valence-corrected chi connectivity index (χ1v) is 18.3. The number of fused-ring (bicyclic) bond motifs is 1. The second kappa shape index (κ2) is 15.1. The van der Waals surface area contributed by atoms with E-state index in [9.17, 15) is 24.3 Å². The van der Waals surface area contributed by atoms with Gasteiger partial charge < -0.3 is 38.6 Å². The van der Waals surface area contributed by atoms with Crippen LogP contribution in [0.25, 0.3) is 0 Å². The van der Waals surface area contributed by atoms with E-state index < -0.39 is 83.4 Å². The average Bonchev–Trinajstić information content (AvgIpc) is 3.28. The topological polar surface area (TPSA) is 144 Å². The predicted molar refractivity (Wildman–Crippen MR) is 185 cm³/mol. The number of cyclic esters (lactones) is 1. The van der Waals surface area contributed by atoms with Gasteiger partial charge in [0.2, 0.25) is 0 Å². The molecule has 0 saturated carbocycles. The third kappa shape index (κ3) is 7.64. The van der Waals surface area contributed by atoms with E-state index in [1.807, 2.05) is 53.7 Å². The van der Waals surface area contributed by atoms with E-state index in [1.165, 1.54) is 14.0 Å². The first-order valence-electron chi connectivity index (χ1n) is 18.3. The summed E-state index contributed by atoms with van der Waals surface area (Å²) in [7, 11) is 7.27. The lowest BCUT2D eigenvalue weighted by atomic mass is 9.72. The van der Waals surface area contributed by atoms with Crippen molar-refractivity contribution in [3.63, 3.8) is 0 Å². The number of esters is 1. The Labute approximate surface area is 298 Å². The van der Waals surface area contributed by atoms with E-state index in [2.05, 4.69) is 11.8 Å². The zero-order valence-corrected chi connectivity index (χ0v) is 32.6. The molecule has 0 unspecified atom stereocenters. The van der Waals surface area contributed by atoms with Gasteiger partial charge in [0.1, 0.15) is 23.9 Å². The smallest absolute Gasteiger partial charge is 0.410 e. The summed E-state index contributed by atoms with van der Waals surface area (Å²) in [5, 5.41) is 11.4. The van der Waals surface area contributed by atoms with Crippen molar-refractivity contribution in [3.8, 4) is 0 Å². The molecule has 1 N–H and O–H groups in total. The van der Waals surface area contributed by atoms with Gasteiger partial charge in [0, 0.05) is 56.0 Å². The zero-order valence-electron chi connectivity index (χ0n) is 32.6. The van der Waals surface area contributed by atoms with Crippen molar-refractivity contribution in [1.29, 1.82) is 0 Å². The molecule has 4 heterocycles. The van der Waals surface area contributed by atoms with Gasteiger partial charge in [-0.3, -0.25) is 19.3 Å². The lowest BCUT2D eigenvalue weighted by Gasteiger charge is -2.49. The number of likely N-dealkylation sites (N-methyl/N-ethyl adjacent to an activating group) is 1. The number of carbonyl (C=O) groups is 4. The Bertz CT molecular complexity index is 1270. The number of aliphatic hydroxyl groups excluding tert-OH is 1. The highest BCUT2D eigenvalue weighted by Gasteiger charge is 2.61. The van der Waals surface area contributed by atoms with Crippen LogP contribution in [0.1, 0.15) is 81.6 Å². The van der Waals surface area contributed by atoms with E-state index in [1.54, 1.807) is 25.7 Å². The number of amides is 1. The standard InChI is InChI=1S/C37H63N3O10/c1-14-26-37(9)30(40(34(45)50-37)19-35(7)17-39(12)18-35)22(4)27(41)20(2)16-36(8,46-13)31(23(5)28(42)24(6)32(44)48-26)49-33-29(43)25(38(10)11)15-21(3)47-33/h20-26,29-31,33,43H,14-19H2,1-13H3/t20-,21-,22+,23+,24-,25+,26-,29-,30-,31-,33+,36-,37-/m1/s1. The van der Waals surface area contributed by atoms with Crippen LogP contribution in [-0.2, 0) is 38.1 Å². The number of hydrogen-bond donors (Lipinski definition) is 1. The van der Waals surface area contributed by atoms with Crippen molar-refractivity contribution in [2.45, 2.75) is 136 Å². The van der Waals surface area contributed by atoms with Gasteiger partial charge in [-0.25, -0.2) is 4.79 Å². The van der Waals surface area contributed by atoms with Crippen LogP contribution in [0.4, 0.5) is 4.79 Å². The van der Waals surface area contributed by atoms with Crippen molar-refractivity contribution in [1.82, 2.24) is 14.7 Å². The van der Waals surface area contributed by atoms with Crippen molar-refractivity contribution >= 4 is 23.6 Å². The van der Waals surface area contributed by atoms with E-state index in [-0.39, 0.29) is 29.8 Å². The molecule has 0 aromatic carbocycles. The fourth-order valence-electron chi connectivity index (χ4n) is 9.41. The fourth-order valence-corrected chi connectivity index (χ4v) is 9.41. The highest BCUT2D eigenvalue weighted by atomic mass is 16.7. The number of ketones is 2. The fraction of sp³-hybridized carbons (Fsp3) is 0.892. The maximum Gasteiger partial charge on any atom is 0.410 e. The lowest BCUT2D eigenvalue weighted by Crippen LogP contribution is -2.63. The second-order valence-corrected chi connectivity index (χ2v) is 16.8. The molecule has 4 aliphatic rings. The number of rotatable bonds is 7. The average molecular weight is 710 g/mol. The van der Waals surface area contributed by atoms with Crippen LogP contribution in [0, 0.1) is 29.1 Å². The summed E-state index contributed by atoms with van der Waals surface area (Å²) in [5.74, 6) is -4.77.